The lowest BCUT2D eigenvalue weighted by atomic mass is 9.75. The zero-order valence-corrected chi connectivity index (χ0v) is 7.10. The molecule has 1 aliphatic rings. The maximum Gasteiger partial charge on any atom is -0.0386 e. The molecule has 1 fully saturated rings. The van der Waals surface area contributed by atoms with E-state index < -0.39 is 0 Å². The van der Waals surface area contributed by atoms with E-state index >= 15 is 0 Å². The Morgan fingerprint density at radius 2 is 2.20 bits per heavy atom. The Morgan fingerprint density at radius 3 is 2.60 bits per heavy atom. The van der Waals surface area contributed by atoms with Crippen LogP contribution in [-0.4, -0.2) is 0 Å². The predicted molar refractivity (Wildman–Crippen MR) is 45.7 cm³/mol. The minimum atomic E-state index is 0.772. The first kappa shape index (κ1) is 8.10. The Hall–Kier alpha value is 0. The van der Waals surface area contributed by atoms with Gasteiger partial charge < -0.3 is 0 Å². The van der Waals surface area contributed by atoms with Gasteiger partial charge in [-0.1, -0.05) is 45.4 Å². The van der Waals surface area contributed by atoms with Crippen molar-refractivity contribution in [3.63, 3.8) is 0 Å². The smallest absolute Gasteiger partial charge is 0.0386 e. The standard InChI is InChI=1S/C10H19/c1-3-4-6-9(2)10-7-5-8-10/h9-10H,2-8H2,1H3. The van der Waals surface area contributed by atoms with Gasteiger partial charge in [0.05, 0.1) is 0 Å². The van der Waals surface area contributed by atoms with E-state index in [2.05, 4.69) is 13.8 Å². The summed E-state index contributed by atoms with van der Waals surface area (Å²) in [5.74, 6) is 1.76. The van der Waals surface area contributed by atoms with Crippen molar-refractivity contribution in [2.45, 2.75) is 45.4 Å². The van der Waals surface area contributed by atoms with E-state index in [9.17, 15) is 0 Å². The summed E-state index contributed by atoms with van der Waals surface area (Å²) in [6, 6.07) is 0. The van der Waals surface area contributed by atoms with E-state index in [0.717, 1.165) is 11.8 Å². The highest BCUT2D eigenvalue weighted by atomic mass is 14.3. The lowest BCUT2D eigenvalue weighted by Crippen LogP contribution is -2.19. The summed E-state index contributed by atoms with van der Waals surface area (Å²) in [6.45, 7) is 6.45. The monoisotopic (exact) mass is 139 g/mol. The van der Waals surface area contributed by atoms with Gasteiger partial charge >= 0.3 is 0 Å². The van der Waals surface area contributed by atoms with Gasteiger partial charge in [-0.2, -0.15) is 0 Å². The SMILES string of the molecule is [CH2]C(CCCC)C1CCC1. The molecule has 1 saturated carbocycles. The van der Waals surface area contributed by atoms with Crippen molar-refractivity contribution in [3.05, 3.63) is 6.92 Å². The summed E-state index contributed by atoms with van der Waals surface area (Å²) in [5.41, 5.74) is 0. The van der Waals surface area contributed by atoms with Gasteiger partial charge in [0.1, 0.15) is 0 Å². The molecule has 1 atom stereocenters. The molecule has 0 spiro atoms. The molecule has 0 aromatic rings. The Labute approximate surface area is 65.0 Å². The van der Waals surface area contributed by atoms with Crippen molar-refractivity contribution in [3.8, 4) is 0 Å². The maximum absolute atomic E-state index is 4.20. The normalized spacial score (nSPS) is 22.2. The van der Waals surface area contributed by atoms with Gasteiger partial charge in [0, 0.05) is 0 Å². The van der Waals surface area contributed by atoms with Crippen LogP contribution in [0.2, 0.25) is 0 Å². The predicted octanol–water partition coefficient (Wildman–Crippen LogP) is 3.43. The van der Waals surface area contributed by atoms with Crippen LogP contribution in [0.5, 0.6) is 0 Å². The molecule has 1 aliphatic carbocycles. The van der Waals surface area contributed by atoms with Crippen LogP contribution >= 0.6 is 0 Å². The molecule has 59 valence electrons. The zero-order chi connectivity index (χ0) is 7.40. The summed E-state index contributed by atoms with van der Waals surface area (Å²) in [7, 11) is 0. The van der Waals surface area contributed by atoms with Crippen molar-refractivity contribution in [2.75, 3.05) is 0 Å². The average Bonchev–Trinajstić information content (AvgIpc) is 1.79. The van der Waals surface area contributed by atoms with E-state index in [0.29, 0.717) is 0 Å². The van der Waals surface area contributed by atoms with Crippen LogP contribution in [-0.2, 0) is 0 Å². The number of hydrogen-bond donors (Lipinski definition) is 0. The van der Waals surface area contributed by atoms with Gasteiger partial charge in [-0.25, -0.2) is 0 Å². The summed E-state index contributed by atoms with van der Waals surface area (Å²) in [6.07, 6.45) is 8.45. The van der Waals surface area contributed by atoms with Gasteiger partial charge in [0.25, 0.3) is 0 Å². The maximum atomic E-state index is 4.20. The fraction of sp³-hybridized carbons (Fsp3) is 0.900. The van der Waals surface area contributed by atoms with Crippen LogP contribution in [0.1, 0.15) is 45.4 Å². The molecule has 1 rings (SSSR count). The van der Waals surface area contributed by atoms with Crippen molar-refractivity contribution in [1.82, 2.24) is 0 Å². The molecule has 0 N–H and O–H groups in total. The second kappa shape index (κ2) is 4.00. The third-order valence-corrected chi connectivity index (χ3v) is 2.74. The molecule has 0 bridgehead atoms. The second-order valence-electron chi connectivity index (χ2n) is 3.59. The Bertz CT molecular complexity index is 82.0. The summed E-state index contributed by atoms with van der Waals surface area (Å²) >= 11 is 0. The highest BCUT2D eigenvalue weighted by Gasteiger charge is 2.22. The molecule has 0 aliphatic heterocycles. The molecule has 10 heavy (non-hydrogen) atoms. The molecule has 0 heteroatoms. The van der Waals surface area contributed by atoms with Crippen molar-refractivity contribution < 1.29 is 0 Å². The molecule has 0 aromatic carbocycles. The third-order valence-electron chi connectivity index (χ3n) is 2.74. The Balaban J connectivity index is 2.02. The van der Waals surface area contributed by atoms with Crippen LogP contribution in [0.3, 0.4) is 0 Å². The minimum absolute atomic E-state index is 0.772. The van der Waals surface area contributed by atoms with E-state index in [-0.39, 0.29) is 0 Å². The van der Waals surface area contributed by atoms with Crippen LogP contribution in [0.15, 0.2) is 0 Å². The Kier molecular flexibility index (Phi) is 3.24. The molecule has 0 aromatic heterocycles. The van der Waals surface area contributed by atoms with Crippen molar-refractivity contribution in [1.29, 1.82) is 0 Å². The average molecular weight is 139 g/mol. The van der Waals surface area contributed by atoms with Crippen LogP contribution < -0.4 is 0 Å². The third kappa shape index (κ3) is 2.00. The van der Waals surface area contributed by atoms with Crippen LogP contribution in [0, 0.1) is 18.8 Å². The summed E-state index contributed by atoms with van der Waals surface area (Å²) in [4.78, 5) is 0. The topological polar surface area (TPSA) is 0 Å². The van der Waals surface area contributed by atoms with Gasteiger partial charge in [-0.15, -0.1) is 0 Å². The first-order chi connectivity index (χ1) is 4.84. The molecular formula is C10H19. The molecule has 0 amide bonds. The van der Waals surface area contributed by atoms with Gasteiger partial charge in [0.2, 0.25) is 0 Å². The highest BCUT2D eigenvalue weighted by Crippen LogP contribution is 2.35. The summed E-state index contributed by atoms with van der Waals surface area (Å²) in [5, 5.41) is 0. The number of hydrogen-bond acceptors (Lipinski definition) is 0. The van der Waals surface area contributed by atoms with Gasteiger partial charge in [-0.05, 0) is 18.8 Å². The molecule has 1 unspecified atom stereocenters. The van der Waals surface area contributed by atoms with Gasteiger partial charge in [0.15, 0.2) is 0 Å². The fourth-order valence-corrected chi connectivity index (χ4v) is 1.61. The van der Waals surface area contributed by atoms with Crippen molar-refractivity contribution >= 4 is 0 Å². The first-order valence-electron chi connectivity index (χ1n) is 4.67. The number of unbranched alkanes of at least 4 members (excludes halogenated alkanes) is 1. The largest absolute Gasteiger partial charge is 0.0654 e. The van der Waals surface area contributed by atoms with E-state index in [1.54, 1.807) is 0 Å². The van der Waals surface area contributed by atoms with Gasteiger partial charge in [-0.3, -0.25) is 0 Å². The fourth-order valence-electron chi connectivity index (χ4n) is 1.61. The number of rotatable bonds is 4. The van der Waals surface area contributed by atoms with Crippen LogP contribution in [0.4, 0.5) is 0 Å². The van der Waals surface area contributed by atoms with E-state index in [1.165, 1.54) is 38.5 Å². The molecule has 0 nitrogen and oxygen atoms in total. The molecule has 0 heterocycles. The Morgan fingerprint density at radius 1 is 1.50 bits per heavy atom. The van der Waals surface area contributed by atoms with E-state index in [4.69, 9.17) is 0 Å². The zero-order valence-electron chi connectivity index (χ0n) is 7.10. The molecule has 1 radical (unpaired) electrons. The first-order valence-corrected chi connectivity index (χ1v) is 4.67. The molecule has 0 saturated heterocycles. The van der Waals surface area contributed by atoms with E-state index in [1.807, 2.05) is 0 Å². The lowest BCUT2D eigenvalue weighted by Gasteiger charge is -2.31. The lowest BCUT2D eigenvalue weighted by molar-refractivity contribution is 0.227. The van der Waals surface area contributed by atoms with Crippen LogP contribution in [0.25, 0.3) is 0 Å². The second-order valence-corrected chi connectivity index (χ2v) is 3.59. The minimum Gasteiger partial charge on any atom is -0.0654 e. The summed E-state index contributed by atoms with van der Waals surface area (Å²) < 4.78 is 0. The molecular weight excluding hydrogens is 120 g/mol. The quantitative estimate of drug-likeness (QED) is 0.559. The highest BCUT2D eigenvalue weighted by molar-refractivity contribution is 4.78. The van der Waals surface area contributed by atoms with Crippen molar-refractivity contribution in [2.24, 2.45) is 11.8 Å².